The van der Waals surface area contributed by atoms with E-state index in [0.717, 1.165) is 10.8 Å². The maximum atomic E-state index is 14.2. The number of carboxylic acids is 1. The number of aliphatic carboxylic acids is 1. The van der Waals surface area contributed by atoms with Gasteiger partial charge >= 0.3 is 5.97 Å². The number of guanidine groups is 1. The molecule has 1 aliphatic heterocycles. The molecule has 67 heavy (non-hydrogen) atoms. The minimum absolute atomic E-state index is 0.00406. The van der Waals surface area contributed by atoms with E-state index in [2.05, 4.69) is 36.9 Å². The zero-order chi connectivity index (χ0) is 48.5. The van der Waals surface area contributed by atoms with Crippen LogP contribution in [0.4, 0.5) is 0 Å². The number of aliphatic imine (C=N–C) groups is 1. The van der Waals surface area contributed by atoms with Crippen LogP contribution in [0.25, 0.3) is 22.9 Å². The number of amides is 6. The van der Waals surface area contributed by atoms with Crippen LogP contribution in [0, 0.1) is 0 Å². The first-order chi connectivity index (χ1) is 32.0. The monoisotopic (exact) mass is 933 g/mol. The second kappa shape index (κ2) is 23.5. The molecule has 0 unspecified atom stereocenters. The van der Waals surface area contributed by atoms with Crippen molar-refractivity contribution in [1.82, 2.24) is 31.9 Å². The molecule has 12 N–H and O–H groups in total. The minimum atomic E-state index is -4.44. The van der Waals surface area contributed by atoms with Crippen molar-refractivity contribution in [1.29, 1.82) is 0 Å². The Morgan fingerprint density at radius 3 is 2.18 bits per heavy atom. The minimum Gasteiger partial charge on any atom is -0.478 e. The third kappa shape index (κ3) is 15.4. The van der Waals surface area contributed by atoms with Gasteiger partial charge in [0.15, 0.2) is 5.96 Å². The van der Waals surface area contributed by atoms with Crippen molar-refractivity contribution >= 4 is 80.4 Å². The molecular weight excluding hydrogens is 887 g/mol. The first-order valence-electron chi connectivity index (χ1n) is 20.5. The number of hydrogen-bond donors (Lipinski definition) is 10. The number of fused-ring (bicyclic) bond motifs is 1. The van der Waals surface area contributed by atoms with Gasteiger partial charge in [0.2, 0.25) is 11.8 Å². The lowest BCUT2D eigenvalue weighted by Crippen LogP contribution is -2.51. The van der Waals surface area contributed by atoms with Crippen molar-refractivity contribution in [2.45, 2.75) is 36.6 Å². The lowest BCUT2D eigenvalue weighted by Gasteiger charge is -2.21. The maximum Gasteiger partial charge on any atom is 0.330 e. The predicted molar refractivity (Wildman–Crippen MR) is 247 cm³/mol. The van der Waals surface area contributed by atoms with Gasteiger partial charge in [0.1, 0.15) is 28.0 Å². The van der Waals surface area contributed by atoms with Gasteiger partial charge in [-0.3, -0.25) is 38.3 Å². The molecule has 20 nitrogen and oxygen atoms in total. The fourth-order valence-electron chi connectivity index (χ4n) is 6.43. The highest BCUT2D eigenvalue weighted by molar-refractivity contribution is 7.86. The van der Waals surface area contributed by atoms with Crippen LogP contribution in [0.5, 0.6) is 0 Å². The van der Waals surface area contributed by atoms with Crippen LogP contribution < -0.4 is 43.4 Å². The number of nitrogens with one attached hydrogen (secondary N) is 6. The molecule has 21 heteroatoms. The highest BCUT2D eigenvalue weighted by Crippen LogP contribution is 2.19. The van der Waals surface area contributed by atoms with Crippen molar-refractivity contribution in [3.63, 3.8) is 0 Å². The number of nitrogens with two attached hydrogens (primary N) is 2. The number of carbonyl (C=O) groups is 7. The Hall–Kier alpha value is -8.43. The van der Waals surface area contributed by atoms with E-state index in [1.54, 1.807) is 54.6 Å². The van der Waals surface area contributed by atoms with Gasteiger partial charge < -0.3 is 48.5 Å². The summed E-state index contributed by atoms with van der Waals surface area (Å²) in [6.07, 6.45) is 6.37. The van der Waals surface area contributed by atoms with Gasteiger partial charge in [-0.05, 0) is 64.9 Å². The summed E-state index contributed by atoms with van der Waals surface area (Å²) in [5, 5.41) is 25.9. The molecule has 0 aliphatic carbocycles. The van der Waals surface area contributed by atoms with E-state index in [4.69, 9.17) is 11.5 Å². The van der Waals surface area contributed by atoms with Gasteiger partial charge in [0, 0.05) is 25.1 Å². The van der Waals surface area contributed by atoms with Crippen LogP contribution in [0.1, 0.15) is 46.3 Å². The highest BCUT2D eigenvalue weighted by atomic mass is 32.2. The molecule has 0 spiro atoms. The molecule has 1 aliphatic rings. The first-order valence-corrected chi connectivity index (χ1v) is 21.9. The quantitative estimate of drug-likeness (QED) is 0.0214. The Balaban J connectivity index is 1.37. The van der Waals surface area contributed by atoms with Gasteiger partial charge in [-0.15, -0.1) is 0 Å². The normalized spacial score (nSPS) is 17.2. The molecule has 0 saturated carbocycles. The SMILES string of the molecule is NC(N)=NCC/C=C1\NC(=O)/C(=C\CCCNC(=O)c2ccc(/C=C\c3ccccc3S(=O)(=O)O)cc2)NC(=O)[C@@H](Cc2ccc3ccccc3c2)NC(=O)/C(=C\C(=O)O)NC(=O)CNC1=O. The largest absolute Gasteiger partial charge is 0.478 e. The number of carbonyl (C=O) groups excluding carboxylic acids is 6. The standard InChI is InChI=1S/C46H47N9O11S/c47-46(48)50-23-7-12-34-42(60)51-27-39(56)52-37(26-40(57)58)45(63)55-36(25-29-17-18-30-8-1-2-10-33(30)24-29)44(62)54-35(43(61)53-34)11-5-6-22-49-41(59)32-20-15-28(16-21-32)14-19-31-9-3-4-13-38(31)67(64,65)66/h1-4,8-21,24,26,36H,5-7,22-23,25,27H2,(H,49,59)(H,51,60)(H,52,56)(H,53,61)(H,54,62)(H,55,63)(H,57,58)(H4,47,48,50)(H,64,65,66)/b19-14-,34-12-,35-11+,37-26+/t36-/m1/s1. The van der Waals surface area contributed by atoms with Crippen LogP contribution in [0.2, 0.25) is 0 Å². The summed E-state index contributed by atoms with van der Waals surface area (Å²) in [4.78, 5) is 96.2. The van der Waals surface area contributed by atoms with Crippen LogP contribution in [0.3, 0.4) is 0 Å². The van der Waals surface area contributed by atoms with Crippen LogP contribution in [-0.2, 0) is 45.3 Å². The highest BCUT2D eigenvalue weighted by Gasteiger charge is 2.28. The number of benzene rings is 4. The van der Waals surface area contributed by atoms with Crippen molar-refractivity contribution in [3.8, 4) is 0 Å². The second-order valence-corrected chi connectivity index (χ2v) is 16.1. The molecule has 6 amide bonds. The first kappa shape index (κ1) is 49.6. The molecule has 0 radical (unpaired) electrons. The maximum absolute atomic E-state index is 14.2. The number of allylic oxidation sites excluding steroid dienone is 1. The fraction of sp³-hybridized carbons (Fsp3) is 0.174. The van der Waals surface area contributed by atoms with E-state index in [0.29, 0.717) is 22.8 Å². The molecule has 4 aromatic rings. The molecule has 348 valence electrons. The topological polar surface area (TPSA) is 331 Å². The Morgan fingerprint density at radius 1 is 0.776 bits per heavy atom. The Bertz CT molecular complexity index is 2830. The average molecular weight is 934 g/mol. The molecule has 1 atom stereocenters. The molecular formula is C46H47N9O11S. The van der Waals surface area contributed by atoms with Gasteiger partial charge in [-0.25, -0.2) is 4.79 Å². The van der Waals surface area contributed by atoms with Gasteiger partial charge in [-0.2, -0.15) is 8.42 Å². The zero-order valence-corrected chi connectivity index (χ0v) is 36.5. The van der Waals surface area contributed by atoms with E-state index in [1.807, 2.05) is 24.3 Å². The summed E-state index contributed by atoms with van der Waals surface area (Å²) < 4.78 is 33.0. The number of rotatable bonds is 14. The molecule has 5 rings (SSSR count). The molecule has 4 aromatic carbocycles. The van der Waals surface area contributed by atoms with Crippen molar-refractivity contribution in [3.05, 3.63) is 149 Å². The van der Waals surface area contributed by atoms with Crippen molar-refractivity contribution in [2.24, 2.45) is 16.5 Å². The van der Waals surface area contributed by atoms with Gasteiger partial charge in [0.25, 0.3) is 33.7 Å². The Kier molecular flexibility index (Phi) is 17.4. The van der Waals surface area contributed by atoms with E-state index in [-0.39, 0.29) is 66.6 Å². The predicted octanol–water partition coefficient (Wildman–Crippen LogP) is 1.37. The summed E-state index contributed by atoms with van der Waals surface area (Å²) in [6.45, 7) is -0.665. The lowest BCUT2D eigenvalue weighted by atomic mass is 10.0. The molecule has 1 fully saturated rings. The number of hydrogen-bond acceptors (Lipinski definition) is 10. The van der Waals surface area contributed by atoms with E-state index < -0.39 is 69.8 Å². The second-order valence-electron chi connectivity index (χ2n) is 14.7. The average Bonchev–Trinajstić information content (AvgIpc) is 3.29. The Morgan fingerprint density at radius 2 is 1.46 bits per heavy atom. The van der Waals surface area contributed by atoms with Crippen LogP contribution >= 0.6 is 0 Å². The molecule has 1 saturated heterocycles. The van der Waals surface area contributed by atoms with E-state index in [9.17, 15) is 51.6 Å². The number of nitrogens with zero attached hydrogens (tertiary/aromatic N) is 1. The van der Waals surface area contributed by atoms with Gasteiger partial charge in [-0.1, -0.05) is 97.1 Å². The van der Waals surface area contributed by atoms with Crippen LogP contribution in [0.15, 0.2) is 136 Å². The fourth-order valence-corrected chi connectivity index (χ4v) is 7.11. The van der Waals surface area contributed by atoms with E-state index >= 15 is 0 Å². The summed E-state index contributed by atoms with van der Waals surface area (Å²) in [5.41, 5.74) is 11.1. The smallest absolute Gasteiger partial charge is 0.330 e. The number of unbranched alkanes of at least 4 members (excludes halogenated alkanes) is 1. The molecule has 1 heterocycles. The van der Waals surface area contributed by atoms with Crippen molar-refractivity contribution < 1.29 is 51.6 Å². The summed E-state index contributed by atoms with van der Waals surface area (Å²) >= 11 is 0. The van der Waals surface area contributed by atoms with Crippen molar-refractivity contribution in [2.75, 3.05) is 19.6 Å². The summed E-state index contributed by atoms with van der Waals surface area (Å²) in [5.74, 6) is -7.29. The zero-order valence-electron chi connectivity index (χ0n) is 35.7. The van der Waals surface area contributed by atoms with Crippen LogP contribution in [-0.4, -0.2) is 91.1 Å². The Labute approximate surface area is 384 Å². The summed E-state index contributed by atoms with van der Waals surface area (Å²) in [7, 11) is -4.44. The lowest BCUT2D eigenvalue weighted by molar-refractivity contribution is -0.132. The van der Waals surface area contributed by atoms with Gasteiger partial charge in [0.05, 0.1) is 12.6 Å². The third-order valence-electron chi connectivity index (χ3n) is 9.68. The molecule has 0 aromatic heterocycles. The van der Waals surface area contributed by atoms with E-state index in [1.165, 1.54) is 36.4 Å². The molecule has 0 bridgehead atoms. The summed E-state index contributed by atoms with van der Waals surface area (Å²) in [6, 6.07) is 23.5. The number of carboxylic acid groups (broad SMARTS) is 1. The third-order valence-corrected chi connectivity index (χ3v) is 10.6.